The summed E-state index contributed by atoms with van der Waals surface area (Å²) >= 11 is 0. The summed E-state index contributed by atoms with van der Waals surface area (Å²) in [5.41, 5.74) is 1.99. The lowest BCUT2D eigenvalue weighted by Gasteiger charge is -2.06. The summed E-state index contributed by atoms with van der Waals surface area (Å²) in [7, 11) is 0. The maximum absolute atomic E-state index is 10.4. The first-order valence-electron chi connectivity index (χ1n) is 5.60. The molecule has 0 aliphatic carbocycles. The molecule has 1 aromatic rings. The van der Waals surface area contributed by atoms with E-state index in [4.69, 9.17) is 5.11 Å². The fourth-order valence-electron chi connectivity index (χ4n) is 1.65. The Hall–Kier alpha value is -2.04. The number of aliphatic imine (C=N–C) groups is 1. The van der Waals surface area contributed by atoms with Gasteiger partial charge in [0.05, 0.1) is 13.0 Å². The Labute approximate surface area is 99.6 Å². The van der Waals surface area contributed by atoms with Gasteiger partial charge in [0.15, 0.2) is 0 Å². The van der Waals surface area contributed by atoms with Crippen LogP contribution in [0.15, 0.2) is 29.3 Å². The van der Waals surface area contributed by atoms with Crippen molar-refractivity contribution in [2.75, 3.05) is 25.0 Å². The molecule has 0 amide bonds. The van der Waals surface area contributed by atoms with E-state index < -0.39 is 5.97 Å². The Kier molecular flexibility index (Phi) is 3.59. The maximum atomic E-state index is 10.4. The molecule has 0 bridgehead atoms. The third-order valence-corrected chi connectivity index (χ3v) is 2.50. The molecule has 0 aromatic heterocycles. The molecule has 3 N–H and O–H groups in total. The lowest BCUT2D eigenvalue weighted by Crippen LogP contribution is -2.19. The van der Waals surface area contributed by atoms with Gasteiger partial charge in [-0.15, -0.1) is 0 Å². The molecule has 17 heavy (non-hydrogen) atoms. The van der Waals surface area contributed by atoms with Crippen LogP contribution in [0.3, 0.4) is 0 Å². The van der Waals surface area contributed by atoms with Crippen molar-refractivity contribution in [2.24, 2.45) is 4.99 Å². The van der Waals surface area contributed by atoms with E-state index in [0.29, 0.717) is 6.54 Å². The number of amidine groups is 1. The SMILES string of the molecule is O=C(O)CCNc1ccc(C2=NCCN2)cc1. The van der Waals surface area contributed by atoms with Crippen molar-refractivity contribution in [1.82, 2.24) is 5.32 Å². The number of hydrogen-bond donors (Lipinski definition) is 3. The average Bonchev–Trinajstić information content (AvgIpc) is 2.83. The molecule has 0 radical (unpaired) electrons. The number of carboxylic acids is 1. The molecule has 2 rings (SSSR count). The van der Waals surface area contributed by atoms with E-state index in [1.54, 1.807) is 0 Å². The monoisotopic (exact) mass is 233 g/mol. The number of hydrogen-bond acceptors (Lipinski definition) is 4. The van der Waals surface area contributed by atoms with Gasteiger partial charge in [-0.25, -0.2) is 0 Å². The Morgan fingerprint density at radius 3 is 2.76 bits per heavy atom. The van der Waals surface area contributed by atoms with E-state index in [2.05, 4.69) is 15.6 Å². The number of nitrogens with zero attached hydrogens (tertiary/aromatic N) is 1. The second kappa shape index (κ2) is 5.34. The van der Waals surface area contributed by atoms with E-state index in [-0.39, 0.29) is 6.42 Å². The molecule has 0 unspecified atom stereocenters. The number of carboxylic acid groups (broad SMARTS) is 1. The van der Waals surface area contributed by atoms with Crippen molar-refractivity contribution < 1.29 is 9.90 Å². The summed E-state index contributed by atoms with van der Waals surface area (Å²) in [6.45, 7) is 2.16. The molecule has 0 saturated heterocycles. The molecular weight excluding hydrogens is 218 g/mol. The summed E-state index contributed by atoms with van der Waals surface area (Å²) in [5.74, 6) is 0.140. The first-order chi connectivity index (χ1) is 8.25. The first kappa shape index (κ1) is 11.4. The van der Waals surface area contributed by atoms with Gasteiger partial charge in [0.25, 0.3) is 0 Å². The predicted octanol–water partition coefficient (Wildman–Crippen LogP) is 0.923. The van der Waals surface area contributed by atoms with Crippen molar-refractivity contribution in [3.05, 3.63) is 29.8 Å². The van der Waals surface area contributed by atoms with Gasteiger partial charge >= 0.3 is 5.97 Å². The van der Waals surface area contributed by atoms with E-state index in [1.165, 1.54) is 0 Å². The highest BCUT2D eigenvalue weighted by molar-refractivity contribution is 5.99. The van der Waals surface area contributed by atoms with Crippen molar-refractivity contribution in [2.45, 2.75) is 6.42 Å². The molecule has 5 nitrogen and oxygen atoms in total. The number of anilines is 1. The Morgan fingerprint density at radius 1 is 1.41 bits per heavy atom. The van der Waals surface area contributed by atoms with Gasteiger partial charge in [0.2, 0.25) is 0 Å². The molecule has 0 spiro atoms. The zero-order valence-corrected chi connectivity index (χ0v) is 9.44. The van der Waals surface area contributed by atoms with Crippen LogP contribution in [0.1, 0.15) is 12.0 Å². The summed E-state index contributed by atoms with van der Waals surface area (Å²) in [4.78, 5) is 14.7. The third-order valence-electron chi connectivity index (χ3n) is 2.50. The smallest absolute Gasteiger partial charge is 0.305 e. The van der Waals surface area contributed by atoms with Crippen LogP contribution < -0.4 is 10.6 Å². The van der Waals surface area contributed by atoms with E-state index in [0.717, 1.165) is 30.2 Å². The highest BCUT2D eigenvalue weighted by atomic mass is 16.4. The number of benzene rings is 1. The van der Waals surface area contributed by atoms with Crippen LogP contribution in [-0.4, -0.2) is 36.5 Å². The molecular formula is C12H15N3O2. The van der Waals surface area contributed by atoms with Crippen molar-refractivity contribution in [3.8, 4) is 0 Å². The second-order valence-corrected chi connectivity index (χ2v) is 3.80. The highest BCUT2D eigenvalue weighted by Gasteiger charge is 2.07. The highest BCUT2D eigenvalue weighted by Crippen LogP contribution is 2.10. The summed E-state index contributed by atoms with van der Waals surface area (Å²) in [6.07, 6.45) is 0.121. The van der Waals surface area contributed by atoms with E-state index in [9.17, 15) is 4.79 Å². The van der Waals surface area contributed by atoms with Crippen LogP contribution in [0.4, 0.5) is 5.69 Å². The largest absolute Gasteiger partial charge is 0.481 e. The molecule has 1 aliphatic rings. The van der Waals surface area contributed by atoms with Crippen LogP contribution in [0.25, 0.3) is 0 Å². The van der Waals surface area contributed by atoms with Crippen LogP contribution in [0.5, 0.6) is 0 Å². The number of carbonyl (C=O) groups is 1. The third kappa shape index (κ3) is 3.21. The molecule has 90 valence electrons. The quantitative estimate of drug-likeness (QED) is 0.707. The lowest BCUT2D eigenvalue weighted by atomic mass is 10.2. The first-order valence-corrected chi connectivity index (χ1v) is 5.60. The van der Waals surface area contributed by atoms with Crippen LogP contribution in [-0.2, 0) is 4.79 Å². The zero-order valence-electron chi connectivity index (χ0n) is 9.44. The zero-order chi connectivity index (χ0) is 12.1. The summed E-state index contributed by atoms with van der Waals surface area (Å²) in [5, 5.41) is 14.8. The molecule has 0 atom stereocenters. The fourth-order valence-corrected chi connectivity index (χ4v) is 1.65. The average molecular weight is 233 g/mol. The molecule has 5 heteroatoms. The molecule has 1 aromatic carbocycles. The fraction of sp³-hybridized carbons (Fsp3) is 0.333. The molecule has 1 aliphatic heterocycles. The van der Waals surface area contributed by atoms with E-state index >= 15 is 0 Å². The Morgan fingerprint density at radius 2 is 2.18 bits per heavy atom. The normalized spacial score (nSPS) is 14.0. The summed E-state index contributed by atoms with van der Waals surface area (Å²) < 4.78 is 0. The minimum atomic E-state index is -0.793. The van der Waals surface area contributed by atoms with Crippen molar-refractivity contribution in [3.63, 3.8) is 0 Å². The van der Waals surface area contributed by atoms with Crippen LogP contribution in [0, 0.1) is 0 Å². The van der Waals surface area contributed by atoms with E-state index in [1.807, 2.05) is 24.3 Å². The maximum Gasteiger partial charge on any atom is 0.305 e. The van der Waals surface area contributed by atoms with Crippen molar-refractivity contribution in [1.29, 1.82) is 0 Å². The number of nitrogens with one attached hydrogen (secondary N) is 2. The topological polar surface area (TPSA) is 73.7 Å². The van der Waals surface area contributed by atoms with Gasteiger partial charge in [0.1, 0.15) is 5.84 Å². The molecule has 0 saturated carbocycles. The minimum absolute atomic E-state index is 0.121. The van der Waals surface area contributed by atoms with Gasteiger partial charge in [-0.3, -0.25) is 9.79 Å². The molecule has 0 fully saturated rings. The van der Waals surface area contributed by atoms with Gasteiger partial charge in [-0.1, -0.05) is 0 Å². The van der Waals surface area contributed by atoms with Gasteiger partial charge in [-0.05, 0) is 24.3 Å². The Bertz CT molecular complexity index is 426. The standard InChI is InChI=1S/C12H15N3O2/c16-11(17)5-6-13-10-3-1-9(2-4-10)12-14-7-8-15-12/h1-4,13H,5-8H2,(H,14,15)(H,16,17). The lowest BCUT2D eigenvalue weighted by molar-refractivity contribution is -0.136. The van der Waals surface area contributed by atoms with Crippen molar-refractivity contribution >= 4 is 17.5 Å². The Balaban J connectivity index is 1.91. The minimum Gasteiger partial charge on any atom is -0.481 e. The van der Waals surface area contributed by atoms with Gasteiger partial charge in [-0.2, -0.15) is 0 Å². The molecule has 1 heterocycles. The van der Waals surface area contributed by atoms with Crippen LogP contribution >= 0.6 is 0 Å². The second-order valence-electron chi connectivity index (χ2n) is 3.80. The number of rotatable bonds is 5. The number of aliphatic carboxylic acids is 1. The van der Waals surface area contributed by atoms with Gasteiger partial charge < -0.3 is 15.7 Å². The van der Waals surface area contributed by atoms with Crippen LogP contribution in [0.2, 0.25) is 0 Å². The van der Waals surface area contributed by atoms with Gasteiger partial charge in [0, 0.05) is 24.3 Å². The predicted molar refractivity (Wildman–Crippen MR) is 66.6 cm³/mol. The summed E-state index contributed by atoms with van der Waals surface area (Å²) in [6, 6.07) is 7.81.